The van der Waals surface area contributed by atoms with Gasteiger partial charge in [0, 0.05) is 32.0 Å². The first kappa shape index (κ1) is 14.2. The van der Waals surface area contributed by atoms with E-state index in [1.165, 1.54) is 5.56 Å². The molecule has 1 atom stereocenters. The van der Waals surface area contributed by atoms with Gasteiger partial charge in [0.25, 0.3) is 0 Å². The van der Waals surface area contributed by atoms with Crippen LogP contribution in [-0.4, -0.2) is 28.5 Å². The monoisotopic (exact) mass is 294 g/mol. The molecule has 22 heavy (non-hydrogen) atoms. The third kappa shape index (κ3) is 3.29. The molecule has 0 spiro atoms. The molecule has 1 fully saturated rings. The van der Waals surface area contributed by atoms with Gasteiger partial charge in [0.15, 0.2) is 6.19 Å². The number of carbonyl (C=O) groups excluding carboxylic acids is 1. The number of hydrogen-bond acceptors (Lipinski definition) is 3. The molecular weight excluding hydrogens is 276 g/mol. The third-order valence-electron chi connectivity index (χ3n) is 3.93. The summed E-state index contributed by atoms with van der Waals surface area (Å²) in [6, 6.07) is 12.1. The molecule has 5 heteroatoms. The lowest BCUT2D eigenvalue weighted by Crippen LogP contribution is -2.25. The largest absolute Gasteiger partial charge is 0.348 e. The zero-order valence-electron chi connectivity index (χ0n) is 12.3. The van der Waals surface area contributed by atoms with E-state index in [1.54, 1.807) is 4.90 Å². The first-order valence-electron chi connectivity index (χ1n) is 7.40. The lowest BCUT2D eigenvalue weighted by molar-refractivity contribution is -0.119. The van der Waals surface area contributed by atoms with Gasteiger partial charge in [0.2, 0.25) is 5.91 Å². The Kier molecular flexibility index (Phi) is 4.10. The number of nitrogens with zero attached hydrogens (tertiary/aromatic N) is 3. The van der Waals surface area contributed by atoms with E-state index in [0.29, 0.717) is 13.1 Å². The van der Waals surface area contributed by atoms with Crippen molar-refractivity contribution in [1.29, 1.82) is 5.26 Å². The highest BCUT2D eigenvalue weighted by atomic mass is 16.1. The maximum atomic E-state index is 12.2. The minimum atomic E-state index is -0.0999. The van der Waals surface area contributed by atoms with E-state index in [2.05, 4.69) is 23.6 Å². The van der Waals surface area contributed by atoms with Gasteiger partial charge in [-0.15, -0.1) is 0 Å². The molecule has 1 N–H and O–H groups in total. The number of nitrogens with one attached hydrogen (secondary N) is 1. The Hall–Kier alpha value is -2.74. The first-order valence-corrected chi connectivity index (χ1v) is 7.40. The first-order chi connectivity index (χ1) is 10.7. The molecule has 1 aliphatic rings. The molecule has 112 valence electrons. The average molecular weight is 294 g/mol. The van der Waals surface area contributed by atoms with Crippen LogP contribution in [0.2, 0.25) is 0 Å². The van der Waals surface area contributed by atoms with Crippen molar-refractivity contribution in [3.8, 4) is 6.19 Å². The lowest BCUT2D eigenvalue weighted by atomic mass is 10.1. The third-order valence-corrected chi connectivity index (χ3v) is 3.93. The van der Waals surface area contributed by atoms with E-state index in [1.807, 2.05) is 41.2 Å². The highest BCUT2D eigenvalue weighted by Crippen LogP contribution is 2.18. The maximum absolute atomic E-state index is 12.2. The Morgan fingerprint density at radius 1 is 1.32 bits per heavy atom. The molecule has 1 saturated heterocycles. The highest BCUT2D eigenvalue weighted by Gasteiger charge is 2.27. The van der Waals surface area contributed by atoms with Crippen LogP contribution in [0.25, 0.3) is 0 Å². The minimum absolute atomic E-state index is 0.00443. The standard InChI is InChI=1S/C17H18N4O/c18-13-21-8-6-15(11-21)17(22)19-16-7-9-20(12-16)10-14-4-2-1-3-5-14/h1-5,7,9,12,15H,6,8,10-11H2,(H,19,22)/t15-/m0/s1. The van der Waals surface area contributed by atoms with Crippen LogP contribution in [0.3, 0.4) is 0 Å². The summed E-state index contributed by atoms with van der Waals surface area (Å²) in [5.74, 6) is -0.104. The number of aromatic nitrogens is 1. The number of carbonyl (C=O) groups is 1. The molecule has 0 radical (unpaired) electrons. The summed E-state index contributed by atoms with van der Waals surface area (Å²) >= 11 is 0. The van der Waals surface area contributed by atoms with Gasteiger partial charge in [-0.1, -0.05) is 30.3 Å². The molecule has 1 aliphatic heterocycles. The second kappa shape index (κ2) is 6.35. The summed E-state index contributed by atoms with van der Waals surface area (Å²) in [6.07, 6.45) is 6.72. The number of likely N-dealkylation sites (tertiary alicyclic amines) is 1. The van der Waals surface area contributed by atoms with E-state index in [-0.39, 0.29) is 11.8 Å². The number of anilines is 1. The smallest absolute Gasteiger partial charge is 0.229 e. The molecule has 1 amide bonds. The second-order valence-electron chi connectivity index (χ2n) is 5.58. The van der Waals surface area contributed by atoms with Crippen LogP contribution >= 0.6 is 0 Å². The van der Waals surface area contributed by atoms with Crippen molar-refractivity contribution in [2.75, 3.05) is 18.4 Å². The normalized spacial score (nSPS) is 17.2. The molecule has 0 unspecified atom stereocenters. The van der Waals surface area contributed by atoms with E-state index in [4.69, 9.17) is 5.26 Å². The van der Waals surface area contributed by atoms with Gasteiger partial charge in [0.05, 0.1) is 11.6 Å². The van der Waals surface area contributed by atoms with Crippen molar-refractivity contribution < 1.29 is 4.79 Å². The van der Waals surface area contributed by atoms with Gasteiger partial charge in [-0.2, -0.15) is 5.26 Å². The van der Waals surface area contributed by atoms with Crippen molar-refractivity contribution in [3.05, 3.63) is 54.4 Å². The fourth-order valence-electron chi connectivity index (χ4n) is 2.72. The molecule has 3 rings (SSSR count). The summed E-state index contributed by atoms with van der Waals surface area (Å²) in [7, 11) is 0. The summed E-state index contributed by atoms with van der Waals surface area (Å²) in [5.41, 5.74) is 2.02. The highest BCUT2D eigenvalue weighted by molar-refractivity contribution is 5.92. The van der Waals surface area contributed by atoms with Crippen molar-refractivity contribution in [2.24, 2.45) is 5.92 Å². The maximum Gasteiger partial charge on any atom is 0.229 e. The van der Waals surface area contributed by atoms with Crippen LogP contribution in [0.15, 0.2) is 48.8 Å². The Morgan fingerprint density at radius 2 is 2.14 bits per heavy atom. The molecule has 0 aliphatic carbocycles. The molecule has 1 aromatic heterocycles. The molecule has 0 bridgehead atoms. The van der Waals surface area contributed by atoms with Crippen LogP contribution in [0, 0.1) is 17.4 Å². The summed E-state index contributed by atoms with van der Waals surface area (Å²) in [4.78, 5) is 13.8. The Morgan fingerprint density at radius 3 is 2.86 bits per heavy atom. The molecule has 2 aromatic rings. The number of nitriles is 1. The zero-order valence-corrected chi connectivity index (χ0v) is 12.3. The van der Waals surface area contributed by atoms with Crippen molar-refractivity contribution >= 4 is 11.6 Å². The summed E-state index contributed by atoms with van der Waals surface area (Å²) < 4.78 is 2.04. The van der Waals surface area contributed by atoms with Crippen LogP contribution in [-0.2, 0) is 11.3 Å². The topological polar surface area (TPSA) is 61.1 Å². The van der Waals surface area contributed by atoms with Crippen molar-refractivity contribution in [3.63, 3.8) is 0 Å². The molecule has 1 aromatic carbocycles. The van der Waals surface area contributed by atoms with Gasteiger partial charge in [0.1, 0.15) is 0 Å². The Balaban J connectivity index is 1.58. The molecular formula is C17H18N4O. The Labute approximate surface area is 129 Å². The SMILES string of the molecule is N#CN1CC[C@H](C(=O)Nc2ccn(Cc3ccccc3)c2)C1. The van der Waals surface area contributed by atoms with Crippen LogP contribution in [0.4, 0.5) is 5.69 Å². The number of hydrogen-bond donors (Lipinski definition) is 1. The van der Waals surface area contributed by atoms with E-state index in [9.17, 15) is 4.79 Å². The summed E-state index contributed by atoms with van der Waals surface area (Å²) in [5, 5.41) is 11.8. The lowest BCUT2D eigenvalue weighted by Gasteiger charge is -2.09. The molecule has 0 saturated carbocycles. The predicted octanol–water partition coefficient (Wildman–Crippen LogP) is 2.28. The van der Waals surface area contributed by atoms with Crippen LogP contribution in [0.1, 0.15) is 12.0 Å². The van der Waals surface area contributed by atoms with E-state index >= 15 is 0 Å². The van der Waals surface area contributed by atoms with Gasteiger partial charge in [-0.3, -0.25) is 4.79 Å². The predicted molar refractivity (Wildman–Crippen MR) is 83.9 cm³/mol. The molecule has 5 nitrogen and oxygen atoms in total. The van der Waals surface area contributed by atoms with E-state index in [0.717, 1.165) is 18.7 Å². The van der Waals surface area contributed by atoms with Crippen LogP contribution < -0.4 is 5.32 Å². The zero-order chi connectivity index (χ0) is 15.4. The quantitative estimate of drug-likeness (QED) is 0.880. The number of rotatable bonds is 4. The minimum Gasteiger partial charge on any atom is -0.348 e. The summed E-state index contributed by atoms with van der Waals surface area (Å²) in [6.45, 7) is 1.97. The number of amides is 1. The fourth-order valence-corrected chi connectivity index (χ4v) is 2.72. The van der Waals surface area contributed by atoms with Crippen molar-refractivity contribution in [1.82, 2.24) is 9.47 Å². The number of benzene rings is 1. The average Bonchev–Trinajstić information content (AvgIpc) is 3.17. The molecule has 2 heterocycles. The van der Waals surface area contributed by atoms with Gasteiger partial charge < -0.3 is 14.8 Å². The van der Waals surface area contributed by atoms with Gasteiger partial charge in [-0.05, 0) is 18.1 Å². The fraction of sp³-hybridized carbons (Fsp3) is 0.294. The second-order valence-corrected chi connectivity index (χ2v) is 5.58. The van der Waals surface area contributed by atoms with Crippen molar-refractivity contribution in [2.45, 2.75) is 13.0 Å². The Bertz CT molecular complexity index is 686. The van der Waals surface area contributed by atoms with Gasteiger partial charge in [-0.25, -0.2) is 0 Å². The van der Waals surface area contributed by atoms with Gasteiger partial charge >= 0.3 is 0 Å². The van der Waals surface area contributed by atoms with Crippen LogP contribution in [0.5, 0.6) is 0 Å². The van der Waals surface area contributed by atoms with E-state index < -0.39 is 0 Å².